The summed E-state index contributed by atoms with van der Waals surface area (Å²) in [5.41, 5.74) is 12.3. The van der Waals surface area contributed by atoms with Crippen LogP contribution in [0.5, 0.6) is 0 Å². The number of nitrogens with zero attached hydrogens (tertiary/aromatic N) is 6. The zero-order chi connectivity index (χ0) is 42.3. The van der Waals surface area contributed by atoms with Crippen molar-refractivity contribution in [2.75, 3.05) is 0 Å². The van der Waals surface area contributed by atoms with E-state index in [1.165, 1.54) is 5.56 Å². The van der Waals surface area contributed by atoms with Gasteiger partial charge in [-0.05, 0) is 67.4 Å². The highest BCUT2D eigenvalue weighted by atomic mass is 15.1. The molecule has 0 radical (unpaired) electrons. The fourth-order valence-corrected chi connectivity index (χ4v) is 10.5. The molecule has 296 valence electrons. The van der Waals surface area contributed by atoms with Gasteiger partial charge in [0.25, 0.3) is 0 Å². The Balaban J connectivity index is 1.46. The maximum atomic E-state index is 12.2. The van der Waals surface area contributed by atoms with E-state index in [4.69, 9.17) is 0 Å². The molecule has 4 heterocycles. The highest BCUT2D eigenvalue weighted by molar-refractivity contribution is 6.14. The molecule has 0 saturated heterocycles. The molecule has 63 heavy (non-hydrogen) atoms. The van der Waals surface area contributed by atoms with Crippen molar-refractivity contribution in [2.45, 2.75) is 20.3 Å². The van der Waals surface area contributed by atoms with Crippen molar-refractivity contribution < 1.29 is 0 Å². The molecule has 0 saturated carbocycles. The SMILES string of the molecule is C/C=C\c1c(CC)c2ccccc2n1-c1c(C#N)c(-n2c3ccccc3c3ccccc32)c(C#N)c(-n2c3ccccc3c3ccccc32)c1-n1c2ccccc2c2ccccc21. The number of aromatic nitrogens is 4. The Morgan fingerprint density at radius 2 is 0.667 bits per heavy atom. The van der Waals surface area contributed by atoms with E-state index in [9.17, 15) is 10.5 Å². The maximum Gasteiger partial charge on any atom is 0.104 e. The van der Waals surface area contributed by atoms with Crippen LogP contribution in [0.1, 0.15) is 36.2 Å². The molecule has 0 spiro atoms. The Labute approximate surface area is 363 Å². The highest BCUT2D eigenvalue weighted by Gasteiger charge is 2.34. The molecule has 0 amide bonds. The van der Waals surface area contributed by atoms with Gasteiger partial charge in [-0.2, -0.15) is 10.5 Å². The number of aryl methyl sites for hydroxylation is 1. The first-order valence-electron chi connectivity index (χ1n) is 21.4. The van der Waals surface area contributed by atoms with Crippen LogP contribution >= 0.6 is 0 Å². The van der Waals surface area contributed by atoms with Crippen molar-refractivity contribution in [3.63, 3.8) is 0 Å². The van der Waals surface area contributed by atoms with Gasteiger partial charge in [0.05, 0.1) is 61.4 Å². The lowest BCUT2D eigenvalue weighted by molar-refractivity contribution is 0.991. The van der Waals surface area contributed by atoms with E-state index in [-0.39, 0.29) is 0 Å². The summed E-state index contributed by atoms with van der Waals surface area (Å²) < 4.78 is 9.07. The van der Waals surface area contributed by atoms with Gasteiger partial charge in [-0.1, -0.05) is 140 Å². The standard InChI is InChI=1S/C57H38N6/c1-3-19-46-36(4-2)37-20-5-12-27-47(37)61(46)55-44(34-58)54(60-48-28-13-6-21-38(48)39-22-7-14-29-49(39)60)45(35-59)56(62-50-30-15-8-23-40(50)41-24-9-16-31-51(41)62)57(55)63-52-32-17-10-25-42(52)43-26-11-18-33-53(43)63/h3,5-33H,4H2,1-2H3/b19-3-. The Morgan fingerprint density at radius 3 is 1.00 bits per heavy atom. The molecule has 0 N–H and O–H groups in total. The number of para-hydroxylation sites is 7. The second-order valence-electron chi connectivity index (χ2n) is 16.0. The Morgan fingerprint density at radius 1 is 0.381 bits per heavy atom. The second kappa shape index (κ2) is 14.0. The molecule has 8 aromatic carbocycles. The Bertz CT molecular complexity index is 3840. The number of nitriles is 2. The number of hydrogen-bond acceptors (Lipinski definition) is 2. The van der Waals surface area contributed by atoms with E-state index in [1.807, 2.05) is 19.1 Å². The molecular formula is C57H38N6. The van der Waals surface area contributed by atoms with Gasteiger partial charge in [0.1, 0.15) is 23.3 Å². The number of fused-ring (bicyclic) bond motifs is 10. The summed E-state index contributed by atoms with van der Waals surface area (Å²) >= 11 is 0. The maximum absolute atomic E-state index is 12.2. The molecule has 4 aromatic heterocycles. The molecule has 0 unspecified atom stereocenters. The van der Waals surface area contributed by atoms with Crippen LogP contribution in [-0.4, -0.2) is 18.3 Å². The van der Waals surface area contributed by atoms with Crippen LogP contribution in [-0.2, 0) is 6.42 Å². The Hall–Kier alpha value is -8.58. The van der Waals surface area contributed by atoms with Crippen LogP contribution in [0.4, 0.5) is 0 Å². The number of benzene rings is 8. The van der Waals surface area contributed by atoms with E-state index in [2.05, 4.69) is 207 Å². The van der Waals surface area contributed by atoms with E-state index >= 15 is 0 Å². The van der Waals surface area contributed by atoms with Crippen molar-refractivity contribution in [1.82, 2.24) is 18.3 Å². The monoisotopic (exact) mass is 806 g/mol. The van der Waals surface area contributed by atoms with Gasteiger partial charge < -0.3 is 18.3 Å². The molecule has 0 aliphatic carbocycles. The van der Waals surface area contributed by atoms with Gasteiger partial charge in [0, 0.05) is 43.4 Å². The molecule has 0 aliphatic heterocycles. The minimum Gasteiger partial charge on any atom is -0.306 e. The molecule has 0 atom stereocenters. The van der Waals surface area contributed by atoms with Crippen LogP contribution in [0.15, 0.2) is 176 Å². The molecule has 0 aliphatic rings. The fourth-order valence-electron chi connectivity index (χ4n) is 10.5. The number of allylic oxidation sites excluding steroid dienone is 1. The largest absolute Gasteiger partial charge is 0.306 e. The van der Waals surface area contributed by atoms with E-state index in [1.54, 1.807) is 0 Å². The van der Waals surface area contributed by atoms with Gasteiger partial charge in [0.2, 0.25) is 0 Å². The fraction of sp³-hybridized carbons (Fsp3) is 0.0526. The highest BCUT2D eigenvalue weighted by Crippen LogP contribution is 2.48. The first-order valence-corrected chi connectivity index (χ1v) is 21.4. The normalized spacial score (nSPS) is 11.9. The number of hydrogen-bond donors (Lipinski definition) is 0. The lowest BCUT2D eigenvalue weighted by Gasteiger charge is -2.27. The van der Waals surface area contributed by atoms with Crippen molar-refractivity contribution in [2.24, 2.45) is 0 Å². The summed E-state index contributed by atoms with van der Waals surface area (Å²) in [6.45, 7) is 4.25. The predicted molar refractivity (Wildman–Crippen MR) is 260 cm³/mol. The van der Waals surface area contributed by atoms with Crippen LogP contribution in [0.3, 0.4) is 0 Å². The van der Waals surface area contributed by atoms with E-state index < -0.39 is 0 Å². The summed E-state index contributed by atoms with van der Waals surface area (Å²) in [6.07, 6.45) is 5.03. The molecule has 0 bridgehead atoms. The van der Waals surface area contributed by atoms with E-state index in [0.717, 1.165) is 94.1 Å². The van der Waals surface area contributed by atoms with Crippen LogP contribution in [0.25, 0.3) is 105 Å². The average molecular weight is 807 g/mol. The molecule has 12 aromatic rings. The number of rotatable bonds is 6. The van der Waals surface area contributed by atoms with E-state index in [0.29, 0.717) is 28.2 Å². The van der Waals surface area contributed by atoms with Crippen LogP contribution in [0.2, 0.25) is 0 Å². The minimum absolute atomic E-state index is 0.393. The first-order chi connectivity index (χ1) is 31.2. The summed E-state index contributed by atoms with van der Waals surface area (Å²) in [7, 11) is 0. The van der Waals surface area contributed by atoms with Gasteiger partial charge in [-0.15, -0.1) is 0 Å². The first kappa shape index (κ1) is 36.3. The smallest absolute Gasteiger partial charge is 0.104 e. The third-order valence-electron chi connectivity index (χ3n) is 13.0. The van der Waals surface area contributed by atoms with Crippen molar-refractivity contribution in [1.29, 1.82) is 10.5 Å². The van der Waals surface area contributed by atoms with Crippen molar-refractivity contribution in [3.8, 4) is 34.9 Å². The quantitative estimate of drug-likeness (QED) is 0.168. The topological polar surface area (TPSA) is 67.3 Å². The lowest BCUT2D eigenvalue weighted by Crippen LogP contribution is -2.17. The summed E-state index contributed by atoms with van der Waals surface area (Å²) in [6, 6.07) is 64.7. The summed E-state index contributed by atoms with van der Waals surface area (Å²) in [5.74, 6) is 0. The molecule has 0 fully saturated rings. The van der Waals surface area contributed by atoms with Gasteiger partial charge in [0.15, 0.2) is 0 Å². The minimum atomic E-state index is 0.393. The van der Waals surface area contributed by atoms with Gasteiger partial charge in [-0.3, -0.25) is 0 Å². The predicted octanol–water partition coefficient (Wildman–Crippen LogP) is 14.3. The summed E-state index contributed by atoms with van der Waals surface area (Å²) in [5, 5.41) is 31.8. The molecule has 12 rings (SSSR count). The van der Waals surface area contributed by atoms with Gasteiger partial charge in [-0.25, -0.2) is 0 Å². The van der Waals surface area contributed by atoms with Crippen LogP contribution < -0.4 is 0 Å². The van der Waals surface area contributed by atoms with Crippen molar-refractivity contribution in [3.05, 3.63) is 198 Å². The lowest BCUT2D eigenvalue weighted by atomic mass is 9.98. The average Bonchev–Trinajstić information content (AvgIpc) is 4.05. The molecular weight excluding hydrogens is 769 g/mol. The third kappa shape index (κ3) is 4.92. The summed E-state index contributed by atoms with van der Waals surface area (Å²) in [4.78, 5) is 0. The molecule has 6 heteroatoms. The zero-order valence-corrected chi connectivity index (χ0v) is 34.7. The second-order valence-corrected chi connectivity index (χ2v) is 16.0. The third-order valence-corrected chi connectivity index (χ3v) is 13.0. The Kier molecular flexibility index (Phi) is 8.06. The van der Waals surface area contributed by atoms with Crippen LogP contribution in [0, 0.1) is 22.7 Å². The molecule has 6 nitrogen and oxygen atoms in total. The van der Waals surface area contributed by atoms with Gasteiger partial charge >= 0.3 is 0 Å². The van der Waals surface area contributed by atoms with Crippen molar-refractivity contribution >= 4 is 82.4 Å². The zero-order valence-electron chi connectivity index (χ0n) is 34.7.